The van der Waals surface area contributed by atoms with Crippen LogP contribution in [0.2, 0.25) is 0 Å². The molecule has 0 fully saturated rings. The summed E-state index contributed by atoms with van der Waals surface area (Å²) in [5.41, 5.74) is 1.69. The molecule has 4 heteroatoms. The average molecular weight is 248 g/mol. The molecule has 3 nitrogen and oxygen atoms in total. The molecule has 0 aliphatic heterocycles. The van der Waals surface area contributed by atoms with Crippen LogP contribution in [0.1, 0.15) is 22.3 Å². The predicted molar refractivity (Wildman–Crippen MR) is 70.2 cm³/mol. The Labute approximate surface area is 106 Å². The number of amides is 1. The predicted octanol–water partition coefficient (Wildman–Crippen LogP) is 2.70. The third kappa shape index (κ3) is 3.50. The summed E-state index contributed by atoms with van der Waals surface area (Å²) < 4.78 is 0. The molecule has 0 bridgehead atoms. The molecule has 1 aromatic rings. The van der Waals surface area contributed by atoms with Crippen LogP contribution in [-0.4, -0.2) is 30.7 Å². The lowest BCUT2D eigenvalue weighted by Crippen LogP contribution is -2.28. The van der Waals surface area contributed by atoms with Gasteiger partial charge in [-0.05, 0) is 30.9 Å². The smallest absolute Gasteiger partial charge is 0.253 e. The Bertz CT molecular complexity index is 451. The topological polar surface area (TPSA) is 44.1 Å². The lowest BCUT2D eigenvalue weighted by Gasteiger charge is -2.17. The highest BCUT2D eigenvalue weighted by Crippen LogP contribution is 2.20. The summed E-state index contributed by atoms with van der Waals surface area (Å²) in [5.74, 6) is -0.0198. The number of nitriles is 1. The number of hydrogen-bond acceptors (Lipinski definition) is 3. The molecule has 1 rings (SSSR count). The molecule has 1 aromatic carbocycles. The van der Waals surface area contributed by atoms with Crippen LogP contribution in [0.15, 0.2) is 23.1 Å². The lowest BCUT2D eigenvalue weighted by atomic mass is 10.1. The SMILES string of the molecule is CSc1ccc(C)c(C(=O)N(C)CCC#N)c1. The van der Waals surface area contributed by atoms with Crippen LogP contribution in [0, 0.1) is 18.3 Å². The molecule has 17 heavy (non-hydrogen) atoms. The Morgan fingerprint density at radius 3 is 2.82 bits per heavy atom. The van der Waals surface area contributed by atoms with Crippen molar-refractivity contribution >= 4 is 17.7 Å². The van der Waals surface area contributed by atoms with Gasteiger partial charge in [-0.3, -0.25) is 4.79 Å². The zero-order chi connectivity index (χ0) is 12.8. The molecule has 0 N–H and O–H groups in total. The van der Waals surface area contributed by atoms with E-state index in [1.807, 2.05) is 37.4 Å². The van der Waals surface area contributed by atoms with Crippen molar-refractivity contribution in [3.8, 4) is 6.07 Å². The van der Waals surface area contributed by atoms with Crippen molar-refractivity contribution in [1.29, 1.82) is 5.26 Å². The molecule has 0 aromatic heterocycles. The zero-order valence-electron chi connectivity index (χ0n) is 10.4. The van der Waals surface area contributed by atoms with Crippen LogP contribution in [0.5, 0.6) is 0 Å². The Morgan fingerprint density at radius 2 is 2.24 bits per heavy atom. The molecule has 0 atom stereocenters. The number of nitrogens with zero attached hydrogens (tertiary/aromatic N) is 2. The largest absolute Gasteiger partial charge is 0.341 e. The van der Waals surface area contributed by atoms with Crippen LogP contribution in [0.25, 0.3) is 0 Å². The van der Waals surface area contributed by atoms with Gasteiger partial charge in [-0.2, -0.15) is 5.26 Å². The first-order valence-corrected chi connectivity index (χ1v) is 6.59. The highest BCUT2D eigenvalue weighted by atomic mass is 32.2. The van der Waals surface area contributed by atoms with E-state index in [0.29, 0.717) is 13.0 Å². The summed E-state index contributed by atoms with van der Waals surface area (Å²) in [6.45, 7) is 2.40. The fourth-order valence-corrected chi connectivity index (χ4v) is 1.92. The number of rotatable bonds is 4. The van der Waals surface area contributed by atoms with Gasteiger partial charge >= 0.3 is 0 Å². The molecular formula is C13H16N2OS. The van der Waals surface area contributed by atoms with Gasteiger partial charge in [0.2, 0.25) is 0 Å². The Morgan fingerprint density at radius 1 is 1.53 bits per heavy atom. The van der Waals surface area contributed by atoms with Crippen molar-refractivity contribution < 1.29 is 4.79 Å². The summed E-state index contributed by atoms with van der Waals surface area (Å²) >= 11 is 1.62. The zero-order valence-corrected chi connectivity index (χ0v) is 11.2. The standard InChI is InChI=1S/C13H16N2OS/c1-10-5-6-11(17-3)9-12(10)13(16)15(2)8-4-7-14/h5-6,9H,4,8H2,1-3H3. The molecule has 0 saturated heterocycles. The second-order valence-electron chi connectivity index (χ2n) is 3.82. The summed E-state index contributed by atoms with van der Waals surface area (Å²) in [7, 11) is 1.73. The van der Waals surface area contributed by atoms with Gasteiger partial charge in [0.25, 0.3) is 5.91 Å². The lowest BCUT2D eigenvalue weighted by molar-refractivity contribution is 0.0797. The molecule has 0 heterocycles. The first-order chi connectivity index (χ1) is 8.10. The van der Waals surface area contributed by atoms with Crippen molar-refractivity contribution in [3.63, 3.8) is 0 Å². The Hall–Kier alpha value is -1.47. The number of aryl methyl sites for hydroxylation is 1. The van der Waals surface area contributed by atoms with Gasteiger partial charge in [0.05, 0.1) is 12.5 Å². The van der Waals surface area contributed by atoms with Crippen LogP contribution in [0.4, 0.5) is 0 Å². The van der Waals surface area contributed by atoms with E-state index in [-0.39, 0.29) is 5.91 Å². The highest BCUT2D eigenvalue weighted by Gasteiger charge is 2.14. The fraction of sp³-hybridized carbons (Fsp3) is 0.385. The van der Waals surface area contributed by atoms with E-state index in [1.165, 1.54) is 0 Å². The minimum Gasteiger partial charge on any atom is -0.341 e. The van der Waals surface area contributed by atoms with Gasteiger partial charge in [-0.1, -0.05) is 6.07 Å². The van der Waals surface area contributed by atoms with E-state index in [0.717, 1.165) is 16.0 Å². The number of thioether (sulfide) groups is 1. The Balaban J connectivity index is 2.91. The number of carbonyl (C=O) groups is 1. The quantitative estimate of drug-likeness (QED) is 0.769. The van der Waals surface area contributed by atoms with Crippen molar-refractivity contribution in [1.82, 2.24) is 4.90 Å². The van der Waals surface area contributed by atoms with Crippen LogP contribution < -0.4 is 0 Å². The normalized spacial score (nSPS) is 9.76. The van der Waals surface area contributed by atoms with Gasteiger partial charge in [0, 0.05) is 24.1 Å². The van der Waals surface area contributed by atoms with E-state index >= 15 is 0 Å². The van der Waals surface area contributed by atoms with Crippen LogP contribution in [-0.2, 0) is 0 Å². The first-order valence-electron chi connectivity index (χ1n) is 5.37. The molecule has 0 saturated carbocycles. The van der Waals surface area contributed by atoms with E-state index in [1.54, 1.807) is 23.7 Å². The van der Waals surface area contributed by atoms with Gasteiger partial charge in [-0.15, -0.1) is 11.8 Å². The third-order valence-electron chi connectivity index (χ3n) is 2.58. The molecule has 90 valence electrons. The van der Waals surface area contributed by atoms with Crippen molar-refractivity contribution in [2.45, 2.75) is 18.2 Å². The summed E-state index contributed by atoms with van der Waals surface area (Å²) in [4.78, 5) is 14.8. The van der Waals surface area contributed by atoms with Crippen LogP contribution in [0.3, 0.4) is 0 Å². The molecule has 1 amide bonds. The average Bonchev–Trinajstić information content (AvgIpc) is 2.35. The molecular weight excluding hydrogens is 232 g/mol. The van der Waals surface area contributed by atoms with Gasteiger partial charge < -0.3 is 4.90 Å². The van der Waals surface area contributed by atoms with Gasteiger partial charge in [-0.25, -0.2) is 0 Å². The van der Waals surface area contributed by atoms with E-state index in [4.69, 9.17) is 5.26 Å². The monoisotopic (exact) mass is 248 g/mol. The second-order valence-corrected chi connectivity index (χ2v) is 4.70. The van der Waals surface area contributed by atoms with Crippen LogP contribution >= 0.6 is 11.8 Å². The minimum atomic E-state index is -0.0198. The van der Waals surface area contributed by atoms with Crippen molar-refractivity contribution in [2.75, 3.05) is 19.8 Å². The van der Waals surface area contributed by atoms with E-state index in [9.17, 15) is 4.79 Å². The first kappa shape index (κ1) is 13.6. The summed E-state index contributed by atoms with van der Waals surface area (Å²) in [6.07, 6.45) is 2.35. The van der Waals surface area contributed by atoms with Gasteiger partial charge in [0.15, 0.2) is 0 Å². The maximum atomic E-state index is 12.1. The fourth-order valence-electron chi connectivity index (χ4n) is 1.48. The molecule has 0 aliphatic carbocycles. The summed E-state index contributed by atoms with van der Waals surface area (Å²) in [5, 5.41) is 8.51. The van der Waals surface area contributed by atoms with E-state index in [2.05, 4.69) is 0 Å². The van der Waals surface area contributed by atoms with E-state index < -0.39 is 0 Å². The van der Waals surface area contributed by atoms with Crippen molar-refractivity contribution in [3.05, 3.63) is 29.3 Å². The number of benzene rings is 1. The molecule has 0 spiro atoms. The molecule has 0 radical (unpaired) electrons. The number of carbonyl (C=O) groups excluding carboxylic acids is 1. The van der Waals surface area contributed by atoms with Crippen molar-refractivity contribution in [2.24, 2.45) is 0 Å². The maximum Gasteiger partial charge on any atom is 0.253 e. The highest BCUT2D eigenvalue weighted by molar-refractivity contribution is 7.98. The Kier molecular flexibility index (Phi) is 5.05. The van der Waals surface area contributed by atoms with Gasteiger partial charge in [0.1, 0.15) is 0 Å². The molecule has 0 unspecified atom stereocenters. The third-order valence-corrected chi connectivity index (χ3v) is 3.31. The summed E-state index contributed by atoms with van der Waals surface area (Å²) in [6, 6.07) is 7.91. The molecule has 0 aliphatic rings. The number of hydrogen-bond donors (Lipinski definition) is 0. The second kappa shape index (κ2) is 6.31. The minimum absolute atomic E-state index is 0.0198. The maximum absolute atomic E-state index is 12.1.